The minimum Gasteiger partial charge on any atom is -0.481 e. The summed E-state index contributed by atoms with van der Waals surface area (Å²) >= 11 is 24.5. The number of carbonyl (C=O) groups is 2. The Kier molecular flexibility index (Phi) is 21.5. The van der Waals surface area contributed by atoms with Crippen LogP contribution in [0.5, 0.6) is 0 Å². The molecule has 5 heterocycles. The number of allylic oxidation sites excluding steroid dienone is 6. The van der Waals surface area contributed by atoms with E-state index in [0.29, 0.717) is 39.7 Å². The van der Waals surface area contributed by atoms with Crippen LogP contribution >= 0.6 is 46.4 Å². The van der Waals surface area contributed by atoms with E-state index in [9.17, 15) is 40.2 Å². The van der Waals surface area contributed by atoms with E-state index in [1.165, 1.54) is 12.2 Å². The number of carboxylic acid groups (broad SMARTS) is 1. The van der Waals surface area contributed by atoms with Gasteiger partial charge in [0, 0.05) is 76.2 Å². The number of epoxide rings is 1. The second kappa shape index (κ2) is 27.0. The number of carboxylic acids is 1. The molecular weight excluding hydrogens is 1020 g/mol. The van der Waals surface area contributed by atoms with Crippen molar-refractivity contribution in [3.05, 3.63) is 147 Å². The van der Waals surface area contributed by atoms with Gasteiger partial charge in [-0.05, 0) is 49.8 Å². The second-order valence-corrected chi connectivity index (χ2v) is 19.7. The Morgan fingerprint density at radius 3 is 2.31 bits per heavy atom. The van der Waals surface area contributed by atoms with Crippen molar-refractivity contribution in [2.45, 2.75) is 144 Å². The fourth-order valence-electron chi connectivity index (χ4n) is 8.42. The number of cyclic esters (lactones) is 1. The molecule has 3 aromatic rings. The largest absolute Gasteiger partial charge is 0.481 e. The average Bonchev–Trinajstić information content (AvgIpc) is 3.82. The number of aliphatic hydroxyl groups excluding tert-OH is 4. The predicted molar refractivity (Wildman–Crippen MR) is 268 cm³/mol. The van der Waals surface area contributed by atoms with E-state index in [1.54, 1.807) is 93.2 Å². The summed E-state index contributed by atoms with van der Waals surface area (Å²) in [5.41, 5.74) is 7.68. The summed E-state index contributed by atoms with van der Waals surface area (Å²) in [5, 5.41) is 66.2. The Morgan fingerprint density at radius 2 is 1.61 bits per heavy atom. The summed E-state index contributed by atoms with van der Waals surface area (Å²) in [5.74, 6) is -5.45. The highest BCUT2D eigenvalue weighted by molar-refractivity contribution is 6.35. The molecule has 17 nitrogen and oxygen atoms in total. The minimum atomic E-state index is -2.10. The SMILES string of the molecule is C[C@@H]1C/C=C/C=C/C=C/C=C/[C@H](O[C@@H]2O[C@H](C)[C@@H](O)[C@H](N)[C@@H]2O)C[C@@H]2O[C@](O)(C[C@@H](O)C[C@H]3O[C@@H]3/C=C/C(=O)O1)C[C@H](O)[C@H]2C(=O)O.Clc1ccc(COC(Cn2ccnc2)c2ccc(Cl)cc2Cl)c(Cl)c1. The monoisotopic (exact) mass is 1080 g/mol. The molecule has 15 atom stereocenters. The fourth-order valence-corrected chi connectivity index (χ4v) is 9.42. The number of aliphatic carboxylic acids is 1. The molecule has 4 aliphatic heterocycles. The maximum absolute atomic E-state index is 12.3. The Bertz CT molecular complexity index is 2410. The van der Waals surface area contributed by atoms with Gasteiger partial charge in [0.15, 0.2) is 12.1 Å². The number of nitrogens with zero attached hydrogens (tertiary/aromatic N) is 2. The quantitative estimate of drug-likeness (QED) is 0.0883. The molecule has 392 valence electrons. The normalized spacial score (nSPS) is 35.1. The maximum atomic E-state index is 12.3. The minimum absolute atomic E-state index is 0.0789. The zero-order valence-electron chi connectivity index (χ0n) is 39.4. The van der Waals surface area contributed by atoms with Crippen molar-refractivity contribution in [2.24, 2.45) is 11.7 Å². The first-order chi connectivity index (χ1) is 34.3. The van der Waals surface area contributed by atoms with Crippen molar-refractivity contribution in [1.29, 1.82) is 0 Å². The van der Waals surface area contributed by atoms with E-state index in [-0.39, 0.29) is 31.5 Å². The number of halogens is 4. The molecule has 8 N–H and O–H groups in total. The van der Waals surface area contributed by atoms with Crippen LogP contribution < -0.4 is 5.73 Å². The molecule has 72 heavy (non-hydrogen) atoms. The molecule has 1 aromatic heterocycles. The third-order valence-corrected chi connectivity index (χ3v) is 13.4. The third-order valence-electron chi connectivity index (χ3n) is 12.3. The van der Waals surface area contributed by atoms with E-state index in [0.717, 1.165) is 11.1 Å². The van der Waals surface area contributed by atoms with Crippen LogP contribution in [0.3, 0.4) is 0 Å². The molecule has 2 aromatic carbocycles. The zero-order valence-corrected chi connectivity index (χ0v) is 42.5. The number of benzene rings is 2. The number of hydrogen-bond donors (Lipinski definition) is 7. The first-order valence-corrected chi connectivity index (χ1v) is 24.9. The van der Waals surface area contributed by atoms with Crippen LogP contribution in [0.25, 0.3) is 0 Å². The molecule has 0 aliphatic carbocycles. The molecule has 0 saturated carbocycles. The number of rotatable bonds is 9. The number of hydrogen-bond acceptors (Lipinski definition) is 15. The van der Waals surface area contributed by atoms with Crippen molar-refractivity contribution >= 4 is 58.3 Å². The van der Waals surface area contributed by atoms with Gasteiger partial charge in [-0.3, -0.25) is 4.79 Å². The zero-order chi connectivity index (χ0) is 52.1. The van der Waals surface area contributed by atoms with Crippen molar-refractivity contribution in [3.8, 4) is 0 Å². The standard InChI is InChI=1S/C33H47NO13.C18H14Cl4N2O/c1-18-10-8-6-4-3-5-7-9-11-21(45-32-30(39)28(34)29(38)19(2)44-32)15-25-27(31(40)41)22(36)17-33(42,47-25)16-20(35)14-24-23(46-24)12-13-26(37)43-18;19-13-2-1-12(16(21)7-13)10-25-18(9-24-6-5-23-11-24)15-4-3-14(20)8-17(15)22/h3-9,11-13,18-25,27-30,32,35-36,38-39,42H,10,14-17,34H2,1-2H3,(H,40,41);1-8,11,18H,9-10H2/b4-3+,7-5+,8-6+,11-9+,13-12+;/t18-,19-,20+,21+,22+,23-,24-,25+,27-,28+,29-,30+,32+,33-;/m1./s1. The number of aromatic nitrogens is 2. The van der Waals surface area contributed by atoms with Gasteiger partial charge >= 0.3 is 11.9 Å². The van der Waals surface area contributed by atoms with Gasteiger partial charge in [0.25, 0.3) is 0 Å². The van der Waals surface area contributed by atoms with E-state index in [1.807, 2.05) is 29.0 Å². The predicted octanol–water partition coefficient (Wildman–Crippen LogP) is 6.57. The average molecular weight is 1080 g/mol. The molecule has 0 spiro atoms. The molecule has 3 fully saturated rings. The highest BCUT2D eigenvalue weighted by Gasteiger charge is 2.51. The third kappa shape index (κ3) is 17.0. The molecule has 7 rings (SSSR count). The van der Waals surface area contributed by atoms with Crippen molar-refractivity contribution in [1.82, 2.24) is 9.55 Å². The number of aliphatic hydroxyl groups is 5. The van der Waals surface area contributed by atoms with Crippen molar-refractivity contribution < 1.29 is 68.6 Å². The molecular formula is C51H61Cl4N3O14. The number of ether oxygens (including phenoxy) is 6. The van der Waals surface area contributed by atoms with Gasteiger partial charge in [-0.2, -0.15) is 0 Å². The van der Waals surface area contributed by atoms with Crippen molar-refractivity contribution in [3.63, 3.8) is 0 Å². The van der Waals surface area contributed by atoms with Gasteiger partial charge in [-0.15, -0.1) is 0 Å². The highest BCUT2D eigenvalue weighted by atomic mass is 35.5. The fraction of sp³-hybridized carbons (Fsp3) is 0.471. The van der Waals surface area contributed by atoms with Crippen LogP contribution in [0.2, 0.25) is 20.1 Å². The van der Waals surface area contributed by atoms with Crippen LogP contribution in [-0.4, -0.2) is 131 Å². The number of imidazole rings is 1. The van der Waals surface area contributed by atoms with E-state index >= 15 is 0 Å². The van der Waals surface area contributed by atoms with Gasteiger partial charge in [-0.25, -0.2) is 9.78 Å². The molecule has 3 saturated heterocycles. The lowest BCUT2D eigenvalue weighted by atomic mass is 9.83. The van der Waals surface area contributed by atoms with Crippen LogP contribution in [0.4, 0.5) is 0 Å². The second-order valence-electron chi connectivity index (χ2n) is 18.0. The number of fused-ring (bicyclic) bond motifs is 3. The number of nitrogens with two attached hydrogens (primary N) is 1. The smallest absolute Gasteiger partial charge is 0.330 e. The van der Waals surface area contributed by atoms with E-state index < -0.39 is 97.3 Å². The number of esters is 1. The van der Waals surface area contributed by atoms with E-state index in [2.05, 4.69) is 4.98 Å². The summed E-state index contributed by atoms with van der Waals surface area (Å²) in [6.07, 6.45) is 10.3. The maximum Gasteiger partial charge on any atom is 0.330 e. The first-order valence-electron chi connectivity index (χ1n) is 23.4. The lowest BCUT2D eigenvalue weighted by molar-refractivity contribution is -0.308. The lowest BCUT2D eigenvalue weighted by Gasteiger charge is -2.45. The van der Waals surface area contributed by atoms with Crippen LogP contribution in [0.15, 0.2) is 116 Å². The summed E-state index contributed by atoms with van der Waals surface area (Å²) in [6.45, 7) is 4.23. The topological polar surface area (TPSA) is 258 Å². The van der Waals surface area contributed by atoms with Crippen molar-refractivity contribution in [2.75, 3.05) is 0 Å². The summed E-state index contributed by atoms with van der Waals surface area (Å²) in [6, 6.07) is 9.62. The lowest BCUT2D eigenvalue weighted by Crippen LogP contribution is -2.61. The summed E-state index contributed by atoms with van der Waals surface area (Å²) in [7, 11) is 0. The van der Waals surface area contributed by atoms with Gasteiger partial charge in [0.05, 0.1) is 68.2 Å². The van der Waals surface area contributed by atoms with E-state index in [4.69, 9.17) is 80.6 Å². The van der Waals surface area contributed by atoms with Gasteiger partial charge in [0.1, 0.15) is 30.3 Å². The Hall–Kier alpha value is -3.99. The Balaban J connectivity index is 0.000000283. The van der Waals surface area contributed by atoms with Gasteiger partial charge in [-0.1, -0.05) is 107 Å². The van der Waals surface area contributed by atoms with Crippen LogP contribution in [-0.2, 0) is 51.2 Å². The summed E-state index contributed by atoms with van der Waals surface area (Å²) in [4.78, 5) is 28.5. The Morgan fingerprint density at radius 1 is 0.903 bits per heavy atom. The molecule has 2 bridgehead atoms. The van der Waals surface area contributed by atoms with Crippen LogP contribution in [0.1, 0.15) is 63.2 Å². The molecule has 4 aliphatic rings. The highest BCUT2D eigenvalue weighted by Crippen LogP contribution is 2.39. The molecule has 21 heteroatoms. The van der Waals surface area contributed by atoms with Gasteiger partial charge in [0.2, 0.25) is 0 Å². The van der Waals surface area contributed by atoms with Gasteiger partial charge < -0.3 is 69.4 Å². The molecule has 0 amide bonds. The first kappa shape index (κ1) is 57.3. The van der Waals surface area contributed by atoms with Crippen LogP contribution in [0, 0.1) is 5.92 Å². The summed E-state index contributed by atoms with van der Waals surface area (Å²) < 4.78 is 36.6. The Labute approximate surface area is 437 Å². The molecule has 1 unspecified atom stereocenters. The molecule has 0 radical (unpaired) electrons. The number of carbonyl (C=O) groups excluding carboxylic acids is 1.